The van der Waals surface area contributed by atoms with E-state index in [0.29, 0.717) is 21.0 Å². The molecular formula is C21H16ClFN2OS. The summed E-state index contributed by atoms with van der Waals surface area (Å²) in [5.41, 5.74) is 3.69. The van der Waals surface area contributed by atoms with Crippen molar-refractivity contribution >= 4 is 22.9 Å². The lowest BCUT2D eigenvalue weighted by Gasteiger charge is -2.16. The fourth-order valence-electron chi connectivity index (χ4n) is 3.28. The molecule has 27 heavy (non-hydrogen) atoms. The summed E-state index contributed by atoms with van der Waals surface area (Å²) in [5, 5.41) is 11.2. The number of thiophene rings is 1. The second-order valence-electron chi connectivity index (χ2n) is 6.22. The van der Waals surface area contributed by atoms with Gasteiger partial charge in [0.1, 0.15) is 11.9 Å². The van der Waals surface area contributed by atoms with Crippen molar-refractivity contribution in [2.75, 3.05) is 0 Å². The van der Waals surface area contributed by atoms with Crippen molar-refractivity contribution in [1.29, 1.82) is 0 Å². The minimum Gasteiger partial charge on any atom is -0.383 e. The number of hydrogen-bond acceptors (Lipinski definition) is 3. The van der Waals surface area contributed by atoms with Crippen LogP contribution in [0.3, 0.4) is 0 Å². The van der Waals surface area contributed by atoms with Crippen molar-refractivity contribution in [2.24, 2.45) is 7.05 Å². The number of benzene rings is 1. The van der Waals surface area contributed by atoms with E-state index in [1.807, 2.05) is 42.1 Å². The minimum atomic E-state index is -0.908. The van der Waals surface area contributed by atoms with Crippen molar-refractivity contribution in [3.05, 3.63) is 88.4 Å². The van der Waals surface area contributed by atoms with Gasteiger partial charge in [0.2, 0.25) is 0 Å². The highest BCUT2D eigenvalue weighted by molar-refractivity contribution is 7.19. The third-order valence-corrected chi connectivity index (χ3v) is 5.70. The third-order valence-electron chi connectivity index (χ3n) is 4.43. The van der Waals surface area contributed by atoms with E-state index >= 15 is 0 Å². The van der Waals surface area contributed by atoms with Gasteiger partial charge in [-0.3, -0.25) is 4.98 Å². The molecule has 3 heterocycles. The van der Waals surface area contributed by atoms with Crippen molar-refractivity contribution < 1.29 is 9.50 Å². The number of hydrogen-bond donors (Lipinski definition) is 1. The Morgan fingerprint density at radius 2 is 2.04 bits per heavy atom. The molecule has 0 aliphatic rings. The Morgan fingerprint density at radius 3 is 2.70 bits per heavy atom. The Morgan fingerprint density at radius 1 is 1.19 bits per heavy atom. The van der Waals surface area contributed by atoms with Crippen LogP contribution >= 0.6 is 22.9 Å². The molecule has 0 radical (unpaired) electrons. The van der Waals surface area contributed by atoms with Crippen LogP contribution in [0.4, 0.5) is 4.39 Å². The molecule has 0 aliphatic heterocycles. The van der Waals surface area contributed by atoms with Crippen LogP contribution in [0.2, 0.25) is 4.34 Å². The summed E-state index contributed by atoms with van der Waals surface area (Å²) in [7, 11) is 1.89. The predicted molar refractivity (Wildman–Crippen MR) is 107 cm³/mol. The summed E-state index contributed by atoms with van der Waals surface area (Å²) in [4.78, 5) is 5.06. The zero-order valence-electron chi connectivity index (χ0n) is 14.4. The van der Waals surface area contributed by atoms with Gasteiger partial charge in [0.15, 0.2) is 0 Å². The van der Waals surface area contributed by atoms with Crippen LogP contribution in [-0.2, 0) is 7.05 Å². The van der Waals surface area contributed by atoms with E-state index in [4.69, 9.17) is 11.6 Å². The number of aryl methyl sites for hydroxylation is 1. The Labute approximate surface area is 165 Å². The van der Waals surface area contributed by atoms with E-state index in [0.717, 1.165) is 16.1 Å². The van der Waals surface area contributed by atoms with Crippen molar-refractivity contribution in [3.8, 4) is 21.7 Å². The zero-order chi connectivity index (χ0) is 19.0. The fraction of sp³-hybridized carbons (Fsp3) is 0.0952. The predicted octanol–water partition coefficient (Wildman–Crippen LogP) is 5.69. The Hall–Kier alpha value is -2.47. The average molecular weight is 399 g/mol. The molecular weight excluding hydrogens is 383 g/mol. The summed E-state index contributed by atoms with van der Waals surface area (Å²) in [6.07, 6.45) is 4.33. The molecule has 1 aromatic carbocycles. The summed E-state index contributed by atoms with van der Waals surface area (Å²) >= 11 is 7.57. The highest BCUT2D eigenvalue weighted by atomic mass is 35.5. The second-order valence-corrected chi connectivity index (χ2v) is 7.93. The van der Waals surface area contributed by atoms with E-state index in [-0.39, 0.29) is 5.82 Å². The van der Waals surface area contributed by atoms with E-state index in [1.54, 1.807) is 24.5 Å². The number of rotatable bonds is 4. The van der Waals surface area contributed by atoms with Crippen molar-refractivity contribution in [3.63, 3.8) is 0 Å². The zero-order valence-corrected chi connectivity index (χ0v) is 16.0. The molecule has 4 rings (SSSR count). The number of halogens is 2. The van der Waals surface area contributed by atoms with Crippen LogP contribution in [0.5, 0.6) is 0 Å². The first-order chi connectivity index (χ1) is 13.0. The fourth-order valence-corrected chi connectivity index (χ4v) is 4.34. The van der Waals surface area contributed by atoms with Crippen LogP contribution in [-0.4, -0.2) is 14.7 Å². The van der Waals surface area contributed by atoms with Gasteiger partial charge in [0, 0.05) is 52.8 Å². The van der Waals surface area contributed by atoms with Gasteiger partial charge in [-0.15, -0.1) is 11.3 Å². The molecule has 1 unspecified atom stereocenters. The SMILES string of the molecule is Cn1cc(-c2ccc(Cl)s2)c(C(O)c2cccnc2)c1-c1cccc(F)c1. The number of aliphatic hydroxyl groups is 1. The van der Waals surface area contributed by atoms with Gasteiger partial charge in [0.05, 0.1) is 10.0 Å². The average Bonchev–Trinajstić information content (AvgIpc) is 3.25. The summed E-state index contributed by atoms with van der Waals surface area (Å²) < 4.78 is 16.5. The van der Waals surface area contributed by atoms with Gasteiger partial charge < -0.3 is 9.67 Å². The molecule has 6 heteroatoms. The number of nitrogens with zero attached hydrogens (tertiary/aromatic N) is 2. The lowest BCUT2D eigenvalue weighted by Crippen LogP contribution is -2.03. The monoisotopic (exact) mass is 398 g/mol. The summed E-state index contributed by atoms with van der Waals surface area (Å²) in [5.74, 6) is -0.323. The lowest BCUT2D eigenvalue weighted by atomic mass is 9.95. The molecule has 3 aromatic heterocycles. The molecule has 0 saturated heterocycles. The molecule has 3 nitrogen and oxygen atoms in total. The normalized spacial score (nSPS) is 12.3. The minimum absolute atomic E-state index is 0.323. The highest BCUT2D eigenvalue weighted by Crippen LogP contribution is 2.43. The maximum atomic E-state index is 13.9. The van der Waals surface area contributed by atoms with E-state index in [1.165, 1.54) is 23.5 Å². The van der Waals surface area contributed by atoms with Crippen LogP contribution in [0.25, 0.3) is 21.7 Å². The van der Waals surface area contributed by atoms with Crippen molar-refractivity contribution in [2.45, 2.75) is 6.10 Å². The molecule has 4 aromatic rings. The first kappa shape index (κ1) is 17.9. The lowest BCUT2D eigenvalue weighted by molar-refractivity contribution is 0.221. The van der Waals surface area contributed by atoms with Crippen molar-refractivity contribution in [1.82, 2.24) is 9.55 Å². The molecule has 0 saturated carbocycles. The molecule has 1 N–H and O–H groups in total. The first-order valence-electron chi connectivity index (χ1n) is 8.33. The van der Waals surface area contributed by atoms with E-state index in [9.17, 15) is 9.50 Å². The summed E-state index contributed by atoms with van der Waals surface area (Å²) in [6, 6.07) is 13.7. The maximum Gasteiger partial charge on any atom is 0.123 e. The van der Waals surface area contributed by atoms with Gasteiger partial charge in [-0.05, 0) is 30.3 Å². The van der Waals surface area contributed by atoms with Crippen LogP contribution in [0, 0.1) is 5.82 Å². The Balaban J connectivity index is 1.97. The molecule has 0 aliphatic carbocycles. The van der Waals surface area contributed by atoms with Gasteiger partial charge in [0.25, 0.3) is 0 Å². The van der Waals surface area contributed by atoms with Crippen LogP contribution < -0.4 is 0 Å². The Kier molecular flexibility index (Phi) is 4.83. The smallest absolute Gasteiger partial charge is 0.123 e. The van der Waals surface area contributed by atoms with Gasteiger partial charge in [-0.2, -0.15) is 0 Å². The maximum absolute atomic E-state index is 13.9. The molecule has 1 atom stereocenters. The number of pyridine rings is 1. The molecule has 0 fully saturated rings. The topological polar surface area (TPSA) is 38.0 Å². The summed E-state index contributed by atoms with van der Waals surface area (Å²) in [6.45, 7) is 0. The molecule has 136 valence electrons. The van der Waals surface area contributed by atoms with E-state index in [2.05, 4.69) is 4.98 Å². The molecule has 0 amide bonds. The van der Waals surface area contributed by atoms with Crippen LogP contribution in [0.15, 0.2) is 67.1 Å². The van der Waals surface area contributed by atoms with Gasteiger partial charge in [-0.25, -0.2) is 4.39 Å². The van der Waals surface area contributed by atoms with Gasteiger partial charge >= 0.3 is 0 Å². The number of aliphatic hydroxyl groups excluding tert-OH is 1. The molecule has 0 spiro atoms. The number of aromatic nitrogens is 2. The highest BCUT2D eigenvalue weighted by Gasteiger charge is 2.25. The first-order valence-corrected chi connectivity index (χ1v) is 9.53. The van der Waals surface area contributed by atoms with E-state index < -0.39 is 6.10 Å². The second kappa shape index (κ2) is 7.27. The standard InChI is InChI=1S/C21H16ClFN2OS/c1-25-12-16(17-7-8-18(22)27-17)19(21(26)14-5-3-9-24-11-14)20(25)13-4-2-6-15(23)10-13/h2-12,21,26H,1H3. The largest absolute Gasteiger partial charge is 0.383 e. The third kappa shape index (κ3) is 3.41. The molecule has 0 bridgehead atoms. The Bertz CT molecular complexity index is 1090. The van der Waals surface area contributed by atoms with Gasteiger partial charge in [-0.1, -0.05) is 29.8 Å². The van der Waals surface area contributed by atoms with Crippen LogP contribution in [0.1, 0.15) is 17.2 Å². The quantitative estimate of drug-likeness (QED) is 0.479.